The van der Waals surface area contributed by atoms with Crippen LogP contribution in [0.3, 0.4) is 0 Å². The first-order valence-corrected chi connectivity index (χ1v) is 9.84. The number of nitrogens with zero attached hydrogens (tertiary/aromatic N) is 5. The van der Waals surface area contributed by atoms with Crippen molar-refractivity contribution in [3.63, 3.8) is 0 Å². The van der Waals surface area contributed by atoms with Crippen molar-refractivity contribution >= 4 is 17.7 Å². The number of anilines is 2. The molecule has 0 atom stereocenters. The van der Waals surface area contributed by atoms with E-state index in [2.05, 4.69) is 36.2 Å². The lowest BCUT2D eigenvalue weighted by atomic mass is 9.92. The van der Waals surface area contributed by atoms with Gasteiger partial charge in [0.05, 0.1) is 11.3 Å². The molecule has 0 aromatic carbocycles. The minimum atomic E-state index is -4.40. The molecule has 1 fully saturated rings. The van der Waals surface area contributed by atoms with Crippen LogP contribution in [0.2, 0.25) is 0 Å². The lowest BCUT2D eigenvalue weighted by Gasteiger charge is -2.23. The van der Waals surface area contributed by atoms with Crippen molar-refractivity contribution in [3.8, 4) is 0 Å². The molecular formula is C20H27F3N6O. The van der Waals surface area contributed by atoms with E-state index in [0.717, 1.165) is 18.0 Å². The van der Waals surface area contributed by atoms with Gasteiger partial charge >= 0.3 is 12.2 Å². The SMILES string of the molecule is Cn1nc(C(C)(C)C)cc1NC(=O)N1CCCN(c2ccc(C(F)(F)F)cn2)CC1. The first-order chi connectivity index (χ1) is 13.9. The number of carbonyl (C=O) groups is 1. The molecule has 0 bridgehead atoms. The molecule has 2 aromatic heterocycles. The van der Waals surface area contributed by atoms with Crippen molar-refractivity contribution in [2.75, 3.05) is 36.4 Å². The van der Waals surface area contributed by atoms with Gasteiger partial charge in [0.25, 0.3) is 0 Å². The van der Waals surface area contributed by atoms with Gasteiger partial charge in [0.2, 0.25) is 0 Å². The Morgan fingerprint density at radius 3 is 2.40 bits per heavy atom. The molecule has 0 saturated carbocycles. The second-order valence-electron chi connectivity index (χ2n) is 8.45. The van der Waals surface area contributed by atoms with Gasteiger partial charge in [-0.2, -0.15) is 18.3 Å². The Labute approximate surface area is 173 Å². The maximum Gasteiger partial charge on any atom is 0.417 e. The van der Waals surface area contributed by atoms with E-state index in [4.69, 9.17) is 0 Å². The van der Waals surface area contributed by atoms with Crippen LogP contribution in [0.5, 0.6) is 0 Å². The van der Waals surface area contributed by atoms with Crippen molar-refractivity contribution < 1.29 is 18.0 Å². The van der Waals surface area contributed by atoms with Crippen LogP contribution in [-0.2, 0) is 18.6 Å². The highest BCUT2D eigenvalue weighted by Crippen LogP contribution is 2.29. The molecule has 10 heteroatoms. The Hall–Kier alpha value is -2.78. The standard InChI is InChI=1S/C20H27F3N6O/c1-19(2,3)15-12-17(27(4)26-15)25-18(30)29-9-5-8-28(10-11-29)16-7-6-14(13-24-16)20(21,22)23/h6-7,12-13H,5,8-11H2,1-4H3,(H,25,30). The zero-order chi connectivity index (χ0) is 22.1. The summed E-state index contributed by atoms with van der Waals surface area (Å²) in [6, 6.07) is 4.06. The van der Waals surface area contributed by atoms with Crippen LogP contribution in [-0.4, -0.2) is 51.9 Å². The molecule has 0 unspecified atom stereocenters. The lowest BCUT2D eigenvalue weighted by molar-refractivity contribution is -0.137. The third-order valence-corrected chi connectivity index (χ3v) is 5.07. The number of halogens is 3. The Morgan fingerprint density at radius 2 is 1.83 bits per heavy atom. The normalized spacial score (nSPS) is 15.8. The van der Waals surface area contributed by atoms with Crippen LogP contribution in [0.1, 0.15) is 38.4 Å². The predicted molar refractivity (Wildman–Crippen MR) is 109 cm³/mol. The summed E-state index contributed by atoms with van der Waals surface area (Å²) in [5, 5.41) is 7.37. The molecule has 1 saturated heterocycles. The van der Waals surface area contributed by atoms with Crippen LogP contribution < -0.4 is 10.2 Å². The third-order valence-electron chi connectivity index (χ3n) is 5.07. The number of aromatic nitrogens is 3. The highest BCUT2D eigenvalue weighted by Gasteiger charge is 2.31. The first kappa shape index (κ1) is 21.9. The zero-order valence-electron chi connectivity index (χ0n) is 17.6. The average molecular weight is 424 g/mol. The highest BCUT2D eigenvalue weighted by atomic mass is 19.4. The van der Waals surface area contributed by atoms with Crippen LogP contribution in [0.25, 0.3) is 0 Å². The van der Waals surface area contributed by atoms with Crippen molar-refractivity contribution in [1.29, 1.82) is 0 Å². The third kappa shape index (κ3) is 5.03. The number of urea groups is 1. The van der Waals surface area contributed by atoms with Crippen molar-refractivity contribution in [2.24, 2.45) is 7.05 Å². The molecule has 1 aliphatic heterocycles. The molecule has 2 aromatic rings. The molecule has 2 amide bonds. The fourth-order valence-electron chi connectivity index (χ4n) is 3.23. The Kier molecular flexibility index (Phi) is 5.96. The van der Waals surface area contributed by atoms with Gasteiger partial charge in [-0.15, -0.1) is 0 Å². The zero-order valence-corrected chi connectivity index (χ0v) is 17.6. The average Bonchev–Trinajstić information content (AvgIpc) is 2.88. The number of pyridine rings is 1. The summed E-state index contributed by atoms with van der Waals surface area (Å²) < 4.78 is 39.8. The van der Waals surface area contributed by atoms with E-state index in [-0.39, 0.29) is 11.4 Å². The number of amides is 2. The van der Waals surface area contributed by atoms with E-state index in [1.807, 2.05) is 11.0 Å². The number of alkyl halides is 3. The predicted octanol–water partition coefficient (Wildman–Crippen LogP) is 3.88. The van der Waals surface area contributed by atoms with Crippen LogP contribution in [0, 0.1) is 0 Å². The van der Waals surface area contributed by atoms with E-state index in [0.29, 0.717) is 44.2 Å². The highest BCUT2D eigenvalue weighted by molar-refractivity contribution is 5.88. The van der Waals surface area contributed by atoms with Gasteiger partial charge in [-0.05, 0) is 18.6 Å². The molecule has 164 valence electrons. The van der Waals surface area contributed by atoms with E-state index in [1.54, 1.807) is 16.6 Å². The molecule has 30 heavy (non-hydrogen) atoms. The summed E-state index contributed by atoms with van der Waals surface area (Å²) in [5.74, 6) is 1.10. The topological polar surface area (TPSA) is 66.3 Å². The van der Waals surface area contributed by atoms with Crippen molar-refractivity contribution in [1.82, 2.24) is 19.7 Å². The molecular weight excluding hydrogens is 397 g/mol. The molecule has 0 spiro atoms. The Morgan fingerprint density at radius 1 is 1.10 bits per heavy atom. The molecule has 1 aliphatic rings. The van der Waals surface area contributed by atoms with Crippen LogP contribution >= 0.6 is 0 Å². The van der Waals surface area contributed by atoms with Crippen LogP contribution in [0.15, 0.2) is 24.4 Å². The molecule has 0 aliphatic carbocycles. The minimum Gasteiger partial charge on any atom is -0.355 e. The second kappa shape index (κ2) is 8.16. The summed E-state index contributed by atoms with van der Waals surface area (Å²) in [6.07, 6.45) is -2.87. The Bertz CT molecular complexity index is 885. The number of rotatable bonds is 2. The van der Waals surface area contributed by atoms with E-state index in [9.17, 15) is 18.0 Å². The fourth-order valence-corrected chi connectivity index (χ4v) is 3.23. The van der Waals surface area contributed by atoms with Gasteiger partial charge in [-0.25, -0.2) is 9.78 Å². The van der Waals surface area contributed by atoms with Gasteiger partial charge in [0.1, 0.15) is 11.6 Å². The van der Waals surface area contributed by atoms with Gasteiger partial charge < -0.3 is 9.80 Å². The monoisotopic (exact) mass is 424 g/mol. The quantitative estimate of drug-likeness (QED) is 0.795. The van der Waals surface area contributed by atoms with Gasteiger partial charge in [0.15, 0.2) is 0 Å². The molecule has 1 N–H and O–H groups in total. The van der Waals surface area contributed by atoms with Gasteiger partial charge in [-0.1, -0.05) is 20.8 Å². The lowest BCUT2D eigenvalue weighted by Crippen LogP contribution is -2.38. The molecule has 3 rings (SSSR count). The van der Waals surface area contributed by atoms with E-state index < -0.39 is 11.7 Å². The first-order valence-electron chi connectivity index (χ1n) is 9.84. The summed E-state index contributed by atoms with van der Waals surface area (Å²) in [6.45, 7) is 8.26. The smallest absolute Gasteiger partial charge is 0.355 e. The maximum atomic E-state index is 12.7. The number of hydrogen-bond acceptors (Lipinski definition) is 4. The van der Waals surface area contributed by atoms with E-state index >= 15 is 0 Å². The second-order valence-corrected chi connectivity index (χ2v) is 8.45. The molecule has 3 heterocycles. The number of aryl methyl sites for hydroxylation is 1. The minimum absolute atomic E-state index is 0.126. The number of nitrogens with one attached hydrogen (secondary N) is 1. The van der Waals surface area contributed by atoms with Gasteiger partial charge in [-0.3, -0.25) is 10.00 Å². The summed E-state index contributed by atoms with van der Waals surface area (Å²) in [4.78, 5) is 20.3. The van der Waals surface area contributed by atoms with Crippen molar-refractivity contribution in [3.05, 3.63) is 35.7 Å². The fraction of sp³-hybridized carbons (Fsp3) is 0.550. The Balaban J connectivity index is 1.62. The maximum absolute atomic E-state index is 12.7. The number of carbonyl (C=O) groups excluding carboxylic acids is 1. The van der Waals surface area contributed by atoms with E-state index in [1.165, 1.54) is 6.07 Å². The summed E-state index contributed by atoms with van der Waals surface area (Å²) >= 11 is 0. The van der Waals surface area contributed by atoms with Gasteiger partial charge in [0, 0.05) is 50.9 Å². The molecule has 7 nitrogen and oxygen atoms in total. The largest absolute Gasteiger partial charge is 0.417 e. The summed E-state index contributed by atoms with van der Waals surface area (Å²) in [5.41, 5.74) is -0.0120. The summed E-state index contributed by atoms with van der Waals surface area (Å²) in [7, 11) is 1.78. The molecule has 0 radical (unpaired) electrons. The number of hydrogen-bond donors (Lipinski definition) is 1. The van der Waals surface area contributed by atoms with Crippen LogP contribution in [0.4, 0.5) is 29.6 Å². The van der Waals surface area contributed by atoms with Crippen molar-refractivity contribution in [2.45, 2.75) is 38.8 Å².